The Morgan fingerprint density at radius 1 is 1.38 bits per heavy atom. The van der Waals surface area contributed by atoms with Gasteiger partial charge in [0, 0.05) is 60.3 Å². The Morgan fingerprint density at radius 2 is 2.00 bits per heavy atom. The number of carbonyl (C=O) groups excluding carboxylic acids is 1. The lowest BCUT2D eigenvalue weighted by atomic mass is 10.1. The van der Waals surface area contributed by atoms with E-state index in [1.54, 1.807) is 13.0 Å². The van der Waals surface area contributed by atoms with Gasteiger partial charge in [-0.2, -0.15) is 0 Å². The minimum Gasteiger partial charge on any atom is -0.398 e. The third-order valence-corrected chi connectivity index (χ3v) is 4.70. The van der Waals surface area contributed by atoms with Crippen molar-refractivity contribution < 1.29 is 4.79 Å². The molecule has 2 bridgehead atoms. The molecule has 2 aliphatic rings. The van der Waals surface area contributed by atoms with Crippen LogP contribution in [0.25, 0.3) is 0 Å². The predicted octanol–water partition coefficient (Wildman–Crippen LogP) is 2.12. The molecule has 0 aliphatic carbocycles. The van der Waals surface area contributed by atoms with Crippen LogP contribution >= 0.6 is 11.6 Å². The quantitative estimate of drug-likeness (QED) is 0.649. The monoisotopic (exact) mass is 306 g/mol. The van der Waals surface area contributed by atoms with Gasteiger partial charge in [-0.1, -0.05) is 11.6 Å². The molecule has 3 N–H and O–H groups in total. The van der Waals surface area contributed by atoms with Crippen LogP contribution in [-0.2, 0) is 4.79 Å². The summed E-state index contributed by atoms with van der Waals surface area (Å²) < 4.78 is 0. The van der Waals surface area contributed by atoms with Crippen LogP contribution in [0.1, 0.15) is 25.3 Å². The molecular weight excluding hydrogens is 288 g/mol. The van der Waals surface area contributed by atoms with Crippen molar-refractivity contribution in [3.8, 4) is 0 Å². The van der Waals surface area contributed by atoms with Crippen LogP contribution in [0.5, 0.6) is 0 Å². The summed E-state index contributed by atoms with van der Waals surface area (Å²) in [6.07, 6.45) is 3.35. The van der Waals surface area contributed by atoms with E-state index in [-0.39, 0.29) is 18.0 Å². The van der Waals surface area contributed by atoms with Crippen LogP contribution in [0.15, 0.2) is 12.1 Å². The second-order valence-electron chi connectivity index (χ2n) is 5.79. The molecule has 1 aromatic rings. The number of anilines is 2. The number of nitrogen functional groups attached to an aromatic ring is 1. The molecule has 5 nitrogen and oxygen atoms in total. The molecule has 0 spiro atoms. The number of fused-ring (bicyclic) bond motifs is 2. The van der Waals surface area contributed by atoms with E-state index in [1.165, 1.54) is 6.21 Å². The summed E-state index contributed by atoms with van der Waals surface area (Å²) in [5.74, 6) is 0.153. The largest absolute Gasteiger partial charge is 0.398 e. The minimum absolute atomic E-state index is 0.153. The fraction of sp³-hybridized carbons (Fsp3) is 0.467. The smallest absolute Gasteiger partial charge is 0.220 e. The van der Waals surface area contributed by atoms with E-state index in [4.69, 9.17) is 22.7 Å². The van der Waals surface area contributed by atoms with Crippen molar-refractivity contribution in [2.45, 2.75) is 31.8 Å². The number of halogens is 1. The number of piperazine rings is 1. The zero-order valence-corrected chi connectivity index (χ0v) is 12.7. The van der Waals surface area contributed by atoms with Crippen molar-refractivity contribution in [3.05, 3.63) is 22.7 Å². The zero-order valence-electron chi connectivity index (χ0n) is 12.0. The first-order valence-corrected chi connectivity index (χ1v) is 7.52. The lowest BCUT2D eigenvalue weighted by molar-refractivity contribution is -0.132. The molecule has 112 valence electrons. The average Bonchev–Trinajstić information content (AvgIpc) is 2.69. The van der Waals surface area contributed by atoms with Crippen LogP contribution < -0.4 is 10.6 Å². The topological polar surface area (TPSA) is 73.4 Å². The van der Waals surface area contributed by atoms with E-state index in [9.17, 15) is 4.79 Å². The van der Waals surface area contributed by atoms with Crippen molar-refractivity contribution in [2.24, 2.45) is 0 Å². The zero-order chi connectivity index (χ0) is 15.1. The van der Waals surface area contributed by atoms with E-state index in [0.717, 1.165) is 31.6 Å². The molecule has 2 fully saturated rings. The molecule has 2 unspecified atom stereocenters. The number of nitrogens with zero attached hydrogens (tertiary/aromatic N) is 2. The van der Waals surface area contributed by atoms with E-state index in [0.29, 0.717) is 16.3 Å². The molecular formula is C15H19ClN4O. The number of carbonyl (C=O) groups is 1. The molecule has 21 heavy (non-hydrogen) atoms. The number of hydrogen-bond acceptors (Lipinski definition) is 4. The second kappa shape index (κ2) is 5.22. The Morgan fingerprint density at radius 3 is 2.52 bits per heavy atom. The van der Waals surface area contributed by atoms with Gasteiger partial charge in [0.2, 0.25) is 5.91 Å². The maximum Gasteiger partial charge on any atom is 0.220 e. The van der Waals surface area contributed by atoms with Gasteiger partial charge in [0.1, 0.15) is 0 Å². The van der Waals surface area contributed by atoms with Crippen molar-refractivity contribution in [1.82, 2.24) is 4.90 Å². The van der Waals surface area contributed by atoms with Crippen LogP contribution in [-0.4, -0.2) is 42.2 Å². The van der Waals surface area contributed by atoms with Crippen molar-refractivity contribution in [3.63, 3.8) is 0 Å². The number of hydrogen-bond donors (Lipinski definition) is 2. The van der Waals surface area contributed by atoms with Gasteiger partial charge < -0.3 is 20.9 Å². The minimum atomic E-state index is 0.153. The summed E-state index contributed by atoms with van der Waals surface area (Å²) in [5, 5.41) is 8.18. The number of nitrogens with two attached hydrogens (primary N) is 1. The Hall–Kier alpha value is -1.75. The predicted molar refractivity (Wildman–Crippen MR) is 85.3 cm³/mol. The van der Waals surface area contributed by atoms with Crippen LogP contribution in [0.4, 0.5) is 11.4 Å². The van der Waals surface area contributed by atoms with E-state index >= 15 is 0 Å². The molecule has 2 heterocycles. The van der Waals surface area contributed by atoms with Crippen LogP contribution in [0.3, 0.4) is 0 Å². The summed E-state index contributed by atoms with van der Waals surface area (Å²) in [6, 6.07) is 4.03. The number of benzene rings is 1. The van der Waals surface area contributed by atoms with E-state index < -0.39 is 0 Å². The van der Waals surface area contributed by atoms with Gasteiger partial charge in [0.05, 0.1) is 0 Å². The molecule has 3 rings (SSSR count). The van der Waals surface area contributed by atoms with Crippen molar-refractivity contribution >= 4 is 35.1 Å². The Balaban J connectivity index is 1.94. The normalized spacial score (nSPS) is 24.3. The van der Waals surface area contributed by atoms with Gasteiger partial charge >= 0.3 is 0 Å². The standard InChI is InChI=1S/C15H19ClN4O/c1-9(21)20-11-2-3-12(20)8-19(7-11)15-5-10(16)4-14(18)13(15)6-17/h4-6,11-12,17H,2-3,7-8,18H2,1H3. The highest BCUT2D eigenvalue weighted by Crippen LogP contribution is 2.36. The molecule has 1 amide bonds. The Labute approximate surface area is 129 Å². The van der Waals surface area contributed by atoms with Gasteiger partial charge in [-0.25, -0.2) is 0 Å². The Bertz CT molecular complexity index is 590. The second-order valence-corrected chi connectivity index (χ2v) is 6.22. The van der Waals surface area contributed by atoms with Crippen LogP contribution in [0, 0.1) is 5.41 Å². The fourth-order valence-corrected chi connectivity index (χ4v) is 3.88. The van der Waals surface area contributed by atoms with Crippen LogP contribution in [0.2, 0.25) is 5.02 Å². The molecule has 2 atom stereocenters. The third kappa shape index (κ3) is 2.35. The fourth-order valence-electron chi connectivity index (χ4n) is 3.66. The molecule has 6 heteroatoms. The highest BCUT2D eigenvalue weighted by molar-refractivity contribution is 6.31. The summed E-state index contributed by atoms with van der Waals surface area (Å²) >= 11 is 6.12. The maximum atomic E-state index is 11.8. The molecule has 2 aliphatic heterocycles. The lowest BCUT2D eigenvalue weighted by Gasteiger charge is -2.42. The highest BCUT2D eigenvalue weighted by atomic mass is 35.5. The number of amides is 1. The first-order valence-electron chi connectivity index (χ1n) is 7.14. The molecule has 0 aromatic heterocycles. The average molecular weight is 307 g/mol. The van der Waals surface area contributed by atoms with Gasteiger partial charge in [-0.15, -0.1) is 0 Å². The summed E-state index contributed by atoms with van der Waals surface area (Å²) in [7, 11) is 0. The van der Waals surface area contributed by atoms with E-state index in [2.05, 4.69) is 4.90 Å². The first-order chi connectivity index (χ1) is 10.0. The number of rotatable bonds is 2. The van der Waals surface area contributed by atoms with Gasteiger partial charge in [0.15, 0.2) is 0 Å². The highest BCUT2D eigenvalue weighted by Gasteiger charge is 2.41. The summed E-state index contributed by atoms with van der Waals surface area (Å²) in [4.78, 5) is 16.0. The molecule has 2 saturated heterocycles. The third-order valence-electron chi connectivity index (χ3n) is 4.49. The number of nitrogens with one attached hydrogen (secondary N) is 1. The van der Waals surface area contributed by atoms with Gasteiger partial charge in [-0.05, 0) is 25.0 Å². The van der Waals surface area contributed by atoms with E-state index in [1.807, 2.05) is 11.0 Å². The Kier molecular flexibility index (Phi) is 3.53. The van der Waals surface area contributed by atoms with Crippen molar-refractivity contribution in [2.75, 3.05) is 23.7 Å². The van der Waals surface area contributed by atoms with Crippen molar-refractivity contribution in [1.29, 1.82) is 5.41 Å². The summed E-state index contributed by atoms with van der Waals surface area (Å²) in [6.45, 7) is 3.19. The first kappa shape index (κ1) is 14.2. The molecule has 0 radical (unpaired) electrons. The molecule has 0 saturated carbocycles. The maximum absolute atomic E-state index is 11.8. The summed E-state index contributed by atoms with van der Waals surface area (Å²) in [5.41, 5.74) is 8.10. The lowest BCUT2D eigenvalue weighted by Crippen LogP contribution is -2.55. The molecule has 1 aromatic carbocycles. The van der Waals surface area contributed by atoms with Gasteiger partial charge in [0.25, 0.3) is 0 Å². The van der Waals surface area contributed by atoms with Gasteiger partial charge in [-0.3, -0.25) is 4.79 Å². The SMILES string of the molecule is CC(=O)N1C2CCC1CN(c1cc(Cl)cc(N)c1C=N)C2.